The summed E-state index contributed by atoms with van der Waals surface area (Å²) in [6, 6.07) is 14.0. The Morgan fingerprint density at radius 2 is 1.93 bits per heavy atom. The van der Waals surface area contributed by atoms with Gasteiger partial charge < -0.3 is 9.88 Å². The summed E-state index contributed by atoms with van der Waals surface area (Å²) in [5, 5.41) is 7.72. The van der Waals surface area contributed by atoms with Crippen molar-refractivity contribution in [3.05, 3.63) is 63.8 Å². The number of nitrogens with one attached hydrogen (secondary N) is 1. The lowest BCUT2D eigenvalue weighted by Gasteiger charge is -2.27. The Labute approximate surface area is 172 Å². The Bertz CT molecular complexity index is 1100. The Kier molecular flexibility index (Phi) is 4.23. The van der Waals surface area contributed by atoms with Gasteiger partial charge in [-0.05, 0) is 53.2 Å². The lowest BCUT2D eigenvalue weighted by Crippen LogP contribution is -2.35. The van der Waals surface area contributed by atoms with E-state index in [9.17, 15) is 4.79 Å². The number of para-hydroxylation sites is 1. The highest BCUT2D eigenvalue weighted by Gasteiger charge is 2.25. The number of aromatic amines is 1. The molecule has 6 heteroatoms. The van der Waals surface area contributed by atoms with Crippen LogP contribution in [0.1, 0.15) is 35.0 Å². The largest absolute Gasteiger partial charge is 0.357 e. The monoisotopic (exact) mass is 436 g/mol. The fourth-order valence-corrected chi connectivity index (χ4v) is 4.56. The van der Waals surface area contributed by atoms with E-state index < -0.39 is 0 Å². The lowest BCUT2D eigenvalue weighted by atomic mass is 10.0. The van der Waals surface area contributed by atoms with E-state index in [1.54, 1.807) is 0 Å². The third-order valence-electron chi connectivity index (χ3n) is 5.64. The maximum Gasteiger partial charge on any atom is 0.254 e. The Balaban J connectivity index is 1.38. The van der Waals surface area contributed by atoms with Crippen molar-refractivity contribution in [1.82, 2.24) is 9.88 Å². The Morgan fingerprint density at radius 1 is 1.11 bits per heavy atom. The Morgan fingerprint density at radius 3 is 2.68 bits per heavy atom. The number of nitrogens with zero attached hydrogens (tertiary/aromatic N) is 3. The molecule has 0 atom stereocenters. The normalized spacial score (nSPS) is 16.4. The van der Waals surface area contributed by atoms with Gasteiger partial charge in [-0.1, -0.05) is 12.1 Å². The van der Waals surface area contributed by atoms with Crippen LogP contribution in [0.3, 0.4) is 0 Å². The zero-order chi connectivity index (χ0) is 19.3. The van der Waals surface area contributed by atoms with Crippen molar-refractivity contribution in [2.75, 3.05) is 18.1 Å². The number of hydrogen-bond acceptors (Lipinski definition) is 3. The van der Waals surface area contributed by atoms with Crippen molar-refractivity contribution in [2.45, 2.75) is 26.3 Å². The topological polar surface area (TPSA) is 51.7 Å². The molecule has 5 rings (SSSR count). The number of H-pyrrole nitrogens is 1. The van der Waals surface area contributed by atoms with Gasteiger partial charge in [0.05, 0.1) is 11.2 Å². The highest BCUT2D eigenvalue weighted by molar-refractivity contribution is 9.10. The third-order valence-corrected chi connectivity index (χ3v) is 6.30. The van der Waals surface area contributed by atoms with E-state index in [4.69, 9.17) is 0 Å². The average Bonchev–Trinajstić information content (AvgIpc) is 3.32. The number of carbonyl (C=O) groups is 1. The zero-order valence-electron chi connectivity index (χ0n) is 15.7. The van der Waals surface area contributed by atoms with Crippen LogP contribution in [0, 0.1) is 0 Å². The minimum absolute atomic E-state index is 0.0858. The summed E-state index contributed by atoms with van der Waals surface area (Å²) in [5.74, 6) is 0.0858. The highest BCUT2D eigenvalue weighted by Crippen LogP contribution is 2.32. The molecule has 0 saturated carbocycles. The molecule has 1 aromatic heterocycles. The number of anilines is 1. The van der Waals surface area contributed by atoms with Gasteiger partial charge in [-0.15, -0.1) is 0 Å². The molecule has 0 spiro atoms. The van der Waals surface area contributed by atoms with E-state index in [0.29, 0.717) is 6.54 Å². The number of carbonyl (C=O) groups excluding carboxylic acids is 1. The van der Waals surface area contributed by atoms with Gasteiger partial charge in [0.1, 0.15) is 0 Å². The molecule has 1 N–H and O–H groups in total. The van der Waals surface area contributed by atoms with Crippen molar-refractivity contribution < 1.29 is 4.79 Å². The van der Waals surface area contributed by atoms with Crippen molar-refractivity contribution >= 4 is 44.1 Å². The molecule has 0 radical (unpaired) electrons. The number of benzene rings is 2. The van der Waals surface area contributed by atoms with Gasteiger partial charge >= 0.3 is 0 Å². The molecule has 0 aliphatic carbocycles. The number of amides is 1. The number of hydrazone groups is 1. The molecular weight excluding hydrogens is 416 g/mol. The standard InChI is InChI=1S/C22H21BrN4O/c1-14-9-12-27(25-14)16-7-5-15(6-8-16)22(28)26-11-10-20-18(13-26)17-3-2-4-19(23)21(17)24-20/h2-8,24H,9-13H2,1H3. The predicted molar refractivity (Wildman–Crippen MR) is 116 cm³/mol. The lowest BCUT2D eigenvalue weighted by molar-refractivity contribution is 0.0735. The van der Waals surface area contributed by atoms with Crippen LogP contribution < -0.4 is 5.01 Å². The van der Waals surface area contributed by atoms with Crippen LogP contribution in [-0.4, -0.2) is 34.6 Å². The van der Waals surface area contributed by atoms with E-state index in [2.05, 4.69) is 32.1 Å². The number of rotatable bonds is 2. The summed E-state index contributed by atoms with van der Waals surface area (Å²) in [6.07, 6.45) is 1.85. The fraction of sp³-hybridized carbons (Fsp3) is 0.273. The second-order valence-corrected chi connectivity index (χ2v) is 8.33. The highest BCUT2D eigenvalue weighted by atomic mass is 79.9. The first-order valence-electron chi connectivity index (χ1n) is 9.59. The average molecular weight is 437 g/mol. The van der Waals surface area contributed by atoms with E-state index in [0.717, 1.165) is 52.9 Å². The molecule has 2 aromatic carbocycles. The minimum atomic E-state index is 0.0858. The second-order valence-electron chi connectivity index (χ2n) is 7.48. The number of aromatic nitrogens is 1. The van der Waals surface area contributed by atoms with Gasteiger partial charge in [0.2, 0.25) is 0 Å². The van der Waals surface area contributed by atoms with Gasteiger partial charge in [-0.2, -0.15) is 5.10 Å². The van der Waals surface area contributed by atoms with Gasteiger partial charge in [0.15, 0.2) is 0 Å². The molecule has 2 aliphatic rings. The summed E-state index contributed by atoms with van der Waals surface area (Å²) < 4.78 is 1.06. The summed E-state index contributed by atoms with van der Waals surface area (Å²) in [7, 11) is 0. The first-order valence-corrected chi connectivity index (χ1v) is 10.4. The molecule has 0 unspecified atom stereocenters. The van der Waals surface area contributed by atoms with Crippen LogP contribution in [-0.2, 0) is 13.0 Å². The van der Waals surface area contributed by atoms with Crippen molar-refractivity contribution in [3.63, 3.8) is 0 Å². The zero-order valence-corrected chi connectivity index (χ0v) is 17.3. The van der Waals surface area contributed by atoms with Crippen molar-refractivity contribution in [2.24, 2.45) is 5.10 Å². The van der Waals surface area contributed by atoms with Gasteiger partial charge in [-0.25, -0.2) is 0 Å². The molecule has 0 bridgehead atoms. The van der Waals surface area contributed by atoms with Gasteiger partial charge in [-0.3, -0.25) is 9.80 Å². The predicted octanol–water partition coefficient (Wildman–Crippen LogP) is 4.71. The van der Waals surface area contributed by atoms with E-state index in [1.165, 1.54) is 16.6 Å². The maximum absolute atomic E-state index is 13.1. The molecule has 1 amide bonds. The minimum Gasteiger partial charge on any atom is -0.357 e. The first kappa shape index (κ1) is 17.5. The molecule has 0 saturated heterocycles. The third kappa shape index (κ3) is 2.92. The Hall–Kier alpha value is -2.60. The maximum atomic E-state index is 13.1. The molecule has 5 nitrogen and oxygen atoms in total. The molecule has 2 aliphatic heterocycles. The molecule has 142 valence electrons. The summed E-state index contributed by atoms with van der Waals surface area (Å²) in [4.78, 5) is 18.6. The van der Waals surface area contributed by atoms with E-state index in [-0.39, 0.29) is 5.91 Å². The van der Waals surface area contributed by atoms with Gasteiger partial charge in [0.25, 0.3) is 5.91 Å². The van der Waals surface area contributed by atoms with Crippen molar-refractivity contribution in [1.29, 1.82) is 0 Å². The van der Waals surface area contributed by atoms with Gasteiger partial charge in [0, 0.05) is 64.9 Å². The number of halogens is 1. The van der Waals surface area contributed by atoms with Crippen LogP contribution in [0.25, 0.3) is 10.9 Å². The second kappa shape index (κ2) is 6.78. The van der Waals surface area contributed by atoms with Crippen LogP contribution in [0.15, 0.2) is 52.0 Å². The quantitative estimate of drug-likeness (QED) is 0.631. The molecule has 28 heavy (non-hydrogen) atoms. The van der Waals surface area contributed by atoms with Crippen LogP contribution >= 0.6 is 15.9 Å². The van der Waals surface area contributed by atoms with E-state index >= 15 is 0 Å². The summed E-state index contributed by atoms with van der Waals surface area (Å²) in [6.45, 7) is 4.32. The smallest absolute Gasteiger partial charge is 0.254 e. The van der Waals surface area contributed by atoms with Crippen molar-refractivity contribution in [3.8, 4) is 0 Å². The molecule has 3 aromatic rings. The first-order chi connectivity index (χ1) is 13.6. The molecular formula is C22H21BrN4O. The van der Waals surface area contributed by atoms with Crippen LogP contribution in [0.4, 0.5) is 5.69 Å². The van der Waals surface area contributed by atoms with E-state index in [1.807, 2.05) is 53.2 Å². The molecule has 0 fully saturated rings. The number of fused-ring (bicyclic) bond motifs is 3. The SMILES string of the molecule is CC1=NN(c2ccc(C(=O)N3CCc4[nH]c5c(Br)cccc5c4C3)cc2)CC1. The summed E-state index contributed by atoms with van der Waals surface area (Å²) in [5.41, 5.74) is 6.50. The number of hydrogen-bond donors (Lipinski definition) is 1. The summed E-state index contributed by atoms with van der Waals surface area (Å²) >= 11 is 3.62. The fourth-order valence-electron chi connectivity index (χ4n) is 4.09. The molecule has 3 heterocycles. The van der Waals surface area contributed by atoms with Crippen LogP contribution in [0.2, 0.25) is 0 Å². The van der Waals surface area contributed by atoms with Crippen LogP contribution in [0.5, 0.6) is 0 Å².